The zero-order chi connectivity index (χ0) is 21.0. The van der Waals surface area contributed by atoms with Crippen LogP contribution in [0, 0.1) is 5.41 Å². The highest BCUT2D eigenvalue weighted by Gasteiger charge is 2.34. The number of fused-ring (bicyclic) bond motifs is 7. The van der Waals surface area contributed by atoms with E-state index < -0.39 is 0 Å². The van der Waals surface area contributed by atoms with Gasteiger partial charge in [0.1, 0.15) is 0 Å². The molecule has 0 radical (unpaired) electrons. The Morgan fingerprint density at radius 2 is 1.33 bits per heavy atom. The van der Waals surface area contributed by atoms with Gasteiger partial charge < -0.3 is 0 Å². The minimum absolute atomic E-state index is 0.215. The first-order valence-electron chi connectivity index (χ1n) is 11.1. The summed E-state index contributed by atoms with van der Waals surface area (Å²) in [5, 5.41) is 5.37. The van der Waals surface area contributed by atoms with Crippen molar-refractivity contribution in [3.63, 3.8) is 0 Å². The van der Waals surface area contributed by atoms with Crippen molar-refractivity contribution in [2.24, 2.45) is 5.41 Å². The van der Waals surface area contributed by atoms with Crippen LogP contribution in [0.2, 0.25) is 0 Å². The van der Waals surface area contributed by atoms with Gasteiger partial charge in [0.25, 0.3) is 0 Å². The quantitative estimate of drug-likeness (QED) is 0.317. The number of benzene rings is 4. The van der Waals surface area contributed by atoms with E-state index in [1.807, 2.05) is 0 Å². The molecule has 0 fully saturated rings. The second-order valence-electron chi connectivity index (χ2n) is 9.96. The maximum atomic E-state index is 2.70. The first-order chi connectivity index (χ1) is 14.4. The molecule has 0 amide bonds. The maximum Gasteiger partial charge on any atom is 0.0332 e. The van der Waals surface area contributed by atoms with Crippen LogP contribution >= 0.6 is 0 Å². The number of nitrogens with zero attached hydrogens (tertiary/aromatic N) is 1. The molecule has 0 saturated carbocycles. The molecule has 5 rings (SSSR count). The molecular formula is C29H31N. The lowest BCUT2D eigenvalue weighted by Crippen LogP contribution is -2.42. The maximum absolute atomic E-state index is 2.70. The van der Waals surface area contributed by atoms with Crippen LogP contribution in [0.15, 0.2) is 72.8 Å². The van der Waals surface area contributed by atoms with Gasteiger partial charge in [-0.1, -0.05) is 93.6 Å². The Labute approximate surface area is 180 Å². The minimum Gasteiger partial charge on any atom is -0.289 e. The van der Waals surface area contributed by atoms with Crippen molar-refractivity contribution >= 4 is 21.5 Å². The van der Waals surface area contributed by atoms with Crippen LogP contribution < -0.4 is 0 Å². The average molecular weight is 394 g/mol. The van der Waals surface area contributed by atoms with Crippen LogP contribution in [-0.4, -0.2) is 10.9 Å². The van der Waals surface area contributed by atoms with E-state index in [1.165, 1.54) is 43.8 Å². The van der Waals surface area contributed by atoms with Crippen LogP contribution in [-0.2, 0) is 6.54 Å². The fourth-order valence-corrected chi connectivity index (χ4v) is 5.14. The van der Waals surface area contributed by atoms with Crippen LogP contribution in [0.25, 0.3) is 32.7 Å². The molecule has 30 heavy (non-hydrogen) atoms. The van der Waals surface area contributed by atoms with E-state index in [0.717, 1.165) is 6.54 Å². The Balaban J connectivity index is 1.90. The van der Waals surface area contributed by atoms with Crippen molar-refractivity contribution in [1.82, 2.24) is 4.90 Å². The van der Waals surface area contributed by atoms with Gasteiger partial charge in [-0.15, -0.1) is 0 Å². The number of rotatable bonds is 1. The van der Waals surface area contributed by atoms with Gasteiger partial charge in [-0.3, -0.25) is 4.90 Å². The van der Waals surface area contributed by atoms with Crippen molar-refractivity contribution in [2.45, 2.75) is 53.2 Å². The molecule has 0 N–H and O–H groups in total. The number of hydrogen-bond donors (Lipinski definition) is 0. The fourth-order valence-electron chi connectivity index (χ4n) is 5.14. The molecule has 4 aromatic carbocycles. The predicted molar refractivity (Wildman–Crippen MR) is 130 cm³/mol. The molecule has 0 unspecified atom stereocenters. The second-order valence-corrected chi connectivity index (χ2v) is 9.96. The molecule has 0 aromatic heterocycles. The van der Waals surface area contributed by atoms with Crippen molar-refractivity contribution in [2.75, 3.05) is 0 Å². The third-order valence-corrected chi connectivity index (χ3v) is 7.28. The van der Waals surface area contributed by atoms with E-state index in [-0.39, 0.29) is 5.41 Å². The van der Waals surface area contributed by atoms with E-state index in [4.69, 9.17) is 0 Å². The lowest BCUT2D eigenvalue weighted by molar-refractivity contribution is 0.0698. The lowest BCUT2D eigenvalue weighted by atomic mass is 9.85. The highest BCUT2D eigenvalue weighted by atomic mass is 15.2. The largest absolute Gasteiger partial charge is 0.289 e. The number of hydrogen-bond acceptors (Lipinski definition) is 1. The Kier molecular flexibility index (Phi) is 4.48. The molecule has 0 bridgehead atoms. The minimum atomic E-state index is 0.215. The molecule has 0 aliphatic carbocycles. The summed E-state index contributed by atoms with van der Waals surface area (Å²) in [7, 11) is 0. The van der Waals surface area contributed by atoms with Crippen LogP contribution in [0.3, 0.4) is 0 Å². The van der Waals surface area contributed by atoms with E-state index in [0.29, 0.717) is 12.1 Å². The molecule has 152 valence electrons. The highest BCUT2D eigenvalue weighted by Crippen LogP contribution is 2.46. The molecular weight excluding hydrogens is 362 g/mol. The summed E-state index contributed by atoms with van der Waals surface area (Å²) in [5.74, 6) is 0. The lowest BCUT2D eigenvalue weighted by Gasteiger charge is -2.41. The molecule has 1 heterocycles. The molecule has 1 heteroatoms. The van der Waals surface area contributed by atoms with Crippen molar-refractivity contribution in [1.29, 1.82) is 0 Å². The average Bonchev–Trinajstić information content (AvgIpc) is 2.87. The van der Waals surface area contributed by atoms with Gasteiger partial charge in [-0.05, 0) is 63.1 Å². The van der Waals surface area contributed by atoms with Crippen molar-refractivity contribution in [3.8, 4) is 11.1 Å². The monoisotopic (exact) mass is 393 g/mol. The summed E-state index contributed by atoms with van der Waals surface area (Å²) in [5.41, 5.74) is 5.95. The van der Waals surface area contributed by atoms with Gasteiger partial charge in [0.2, 0.25) is 0 Å². The molecule has 1 aliphatic heterocycles. The molecule has 1 aliphatic rings. The first kappa shape index (κ1) is 19.3. The third-order valence-electron chi connectivity index (χ3n) is 7.28. The van der Waals surface area contributed by atoms with Crippen LogP contribution in [0.5, 0.6) is 0 Å². The molecule has 2 atom stereocenters. The normalized spacial score (nSPS) is 18.1. The highest BCUT2D eigenvalue weighted by molar-refractivity contribution is 6.08. The van der Waals surface area contributed by atoms with E-state index in [2.05, 4.69) is 112 Å². The summed E-state index contributed by atoms with van der Waals surface area (Å²) >= 11 is 0. The predicted octanol–water partition coefficient (Wildman–Crippen LogP) is 7.97. The van der Waals surface area contributed by atoms with Crippen LogP contribution in [0.4, 0.5) is 0 Å². The molecule has 0 saturated heterocycles. The molecule has 4 aromatic rings. The van der Waals surface area contributed by atoms with Gasteiger partial charge in [-0.25, -0.2) is 0 Å². The Morgan fingerprint density at radius 1 is 0.767 bits per heavy atom. The first-order valence-corrected chi connectivity index (χ1v) is 11.1. The third kappa shape index (κ3) is 2.96. The van der Waals surface area contributed by atoms with Crippen molar-refractivity contribution in [3.05, 3.63) is 83.9 Å². The van der Waals surface area contributed by atoms with Crippen LogP contribution in [0.1, 0.15) is 51.8 Å². The van der Waals surface area contributed by atoms with Gasteiger partial charge in [0.15, 0.2) is 0 Å². The summed E-state index contributed by atoms with van der Waals surface area (Å²) in [6.45, 7) is 12.8. The standard InChI is InChI=1S/C29H31N/c1-19-24-17-16-22-11-7-9-13-26(22)28(24)27-23(18-30(19)20(2)29(3,4)5)15-14-21-10-6-8-12-25(21)27/h6-17,19-20H,18H2,1-5H3/t19-,20-/m1/s1. The van der Waals surface area contributed by atoms with Gasteiger partial charge in [0, 0.05) is 18.6 Å². The summed E-state index contributed by atoms with van der Waals surface area (Å²) in [6.07, 6.45) is 0. The zero-order valence-corrected chi connectivity index (χ0v) is 18.7. The van der Waals surface area contributed by atoms with Gasteiger partial charge >= 0.3 is 0 Å². The Hall–Kier alpha value is -2.64. The zero-order valence-electron chi connectivity index (χ0n) is 18.7. The topological polar surface area (TPSA) is 3.24 Å². The fraction of sp³-hybridized carbons (Fsp3) is 0.310. The molecule has 1 nitrogen and oxygen atoms in total. The Morgan fingerprint density at radius 3 is 1.97 bits per heavy atom. The van der Waals surface area contributed by atoms with E-state index in [1.54, 1.807) is 0 Å². The van der Waals surface area contributed by atoms with E-state index >= 15 is 0 Å². The smallest absolute Gasteiger partial charge is 0.0332 e. The van der Waals surface area contributed by atoms with Gasteiger partial charge in [-0.2, -0.15) is 0 Å². The Bertz CT molecular complexity index is 1240. The molecule has 0 spiro atoms. The summed E-state index contributed by atoms with van der Waals surface area (Å²) in [4.78, 5) is 2.70. The summed E-state index contributed by atoms with van der Waals surface area (Å²) in [6, 6.07) is 27.9. The SMILES string of the molecule is C[C@@H]1c2ccc3ccccc3c2-c2c(ccc3ccccc23)CN1[C@H](C)C(C)(C)C. The van der Waals surface area contributed by atoms with E-state index in [9.17, 15) is 0 Å². The van der Waals surface area contributed by atoms with Crippen molar-refractivity contribution < 1.29 is 0 Å². The second kappa shape index (κ2) is 6.96. The van der Waals surface area contributed by atoms with Gasteiger partial charge in [0.05, 0.1) is 0 Å². The summed E-state index contributed by atoms with van der Waals surface area (Å²) < 4.78 is 0.